The van der Waals surface area contributed by atoms with Gasteiger partial charge in [0.25, 0.3) is 11.6 Å². The smallest absolute Gasteiger partial charge is 0.280 e. The Balaban J connectivity index is 1.33. The van der Waals surface area contributed by atoms with E-state index in [1.807, 2.05) is 0 Å². The molecule has 3 aromatic rings. The molecule has 1 aromatic heterocycles. The number of nitrogens with one attached hydrogen (secondary N) is 2. The summed E-state index contributed by atoms with van der Waals surface area (Å²) in [7, 11) is 0. The maximum absolute atomic E-state index is 12.0. The van der Waals surface area contributed by atoms with Gasteiger partial charge >= 0.3 is 0 Å². The molecule has 0 bridgehead atoms. The molecule has 0 atom stereocenters. The average molecular weight is 422 g/mol. The van der Waals surface area contributed by atoms with Gasteiger partial charge in [-0.25, -0.2) is 5.43 Å². The number of benzene rings is 2. The molecular formula is C21H18N4O6. The van der Waals surface area contributed by atoms with E-state index < -0.39 is 4.92 Å². The van der Waals surface area contributed by atoms with Gasteiger partial charge in [0.05, 0.1) is 23.2 Å². The van der Waals surface area contributed by atoms with Gasteiger partial charge in [0, 0.05) is 17.8 Å². The topological polar surface area (TPSA) is 128 Å². The molecule has 0 aliphatic carbocycles. The third-order valence-corrected chi connectivity index (χ3v) is 4.45. The zero-order valence-corrected chi connectivity index (χ0v) is 16.5. The quantitative estimate of drug-likeness (QED) is 0.339. The number of fused-ring (bicyclic) bond motifs is 1. The monoisotopic (exact) mass is 422 g/mol. The van der Waals surface area contributed by atoms with Crippen LogP contribution in [-0.4, -0.2) is 30.4 Å². The number of hydrogen-bond donors (Lipinski definition) is 2. The molecule has 0 unspecified atom stereocenters. The summed E-state index contributed by atoms with van der Waals surface area (Å²) in [6.07, 6.45) is 1.32. The predicted molar refractivity (Wildman–Crippen MR) is 112 cm³/mol. The molecule has 0 saturated carbocycles. The van der Waals surface area contributed by atoms with Crippen LogP contribution in [0.15, 0.2) is 58.0 Å². The molecule has 0 radical (unpaired) electrons. The second kappa shape index (κ2) is 8.57. The molecule has 2 aromatic carbocycles. The SMILES string of the molecule is Cc1ccc(-c2ccc(C=NNC(=O)CNc3ccc4c(c3)OCO4)o2)c([N+](=O)[O-])c1. The Bertz CT molecular complexity index is 1170. The molecule has 0 saturated heterocycles. The van der Waals surface area contributed by atoms with Crippen LogP contribution in [0.5, 0.6) is 11.5 Å². The largest absolute Gasteiger partial charge is 0.455 e. The number of nitro groups is 1. The van der Waals surface area contributed by atoms with Crippen molar-refractivity contribution in [3.63, 3.8) is 0 Å². The zero-order valence-electron chi connectivity index (χ0n) is 16.5. The highest BCUT2D eigenvalue weighted by atomic mass is 16.7. The number of amides is 1. The molecule has 1 aliphatic rings. The van der Waals surface area contributed by atoms with E-state index >= 15 is 0 Å². The fourth-order valence-electron chi connectivity index (χ4n) is 2.96. The van der Waals surface area contributed by atoms with Gasteiger partial charge in [-0.2, -0.15) is 5.10 Å². The lowest BCUT2D eigenvalue weighted by molar-refractivity contribution is -0.384. The first-order valence-corrected chi connectivity index (χ1v) is 9.30. The fourth-order valence-corrected chi connectivity index (χ4v) is 2.96. The number of nitro benzene ring substituents is 1. The van der Waals surface area contributed by atoms with E-state index in [4.69, 9.17) is 13.9 Å². The van der Waals surface area contributed by atoms with Gasteiger partial charge in [-0.3, -0.25) is 14.9 Å². The molecule has 2 heterocycles. The van der Waals surface area contributed by atoms with Crippen LogP contribution < -0.4 is 20.2 Å². The molecule has 158 valence electrons. The maximum Gasteiger partial charge on any atom is 0.280 e. The van der Waals surface area contributed by atoms with Crippen molar-refractivity contribution in [3.8, 4) is 22.8 Å². The molecule has 1 amide bonds. The highest BCUT2D eigenvalue weighted by Gasteiger charge is 2.18. The summed E-state index contributed by atoms with van der Waals surface area (Å²) >= 11 is 0. The Kier molecular flexibility index (Phi) is 5.52. The van der Waals surface area contributed by atoms with Crippen molar-refractivity contribution in [2.24, 2.45) is 5.10 Å². The Morgan fingerprint density at radius 2 is 2.00 bits per heavy atom. The molecule has 10 heteroatoms. The summed E-state index contributed by atoms with van der Waals surface area (Å²) in [6.45, 7) is 1.96. The van der Waals surface area contributed by atoms with Crippen molar-refractivity contribution < 1.29 is 23.6 Å². The van der Waals surface area contributed by atoms with Gasteiger partial charge in [0.15, 0.2) is 11.5 Å². The number of carbonyl (C=O) groups excluding carboxylic acids is 1. The van der Waals surface area contributed by atoms with Crippen molar-refractivity contribution in [2.45, 2.75) is 6.92 Å². The molecule has 31 heavy (non-hydrogen) atoms. The van der Waals surface area contributed by atoms with Crippen LogP contribution >= 0.6 is 0 Å². The third kappa shape index (κ3) is 4.64. The van der Waals surface area contributed by atoms with Crippen LogP contribution in [0.1, 0.15) is 11.3 Å². The standard InChI is InChI=1S/C21H18N4O6/c1-13-2-5-16(17(8-13)25(27)28)18-7-4-15(31-18)10-23-24-21(26)11-22-14-3-6-19-20(9-14)30-12-29-19/h2-10,22H,11-12H2,1H3,(H,24,26). The highest BCUT2D eigenvalue weighted by molar-refractivity contribution is 5.83. The van der Waals surface area contributed by atoms with Crippen molar-refractivity contribution in [3.05, 3.63) is 70.0 Å². The van der Waals surface area contributed by atoms with Crippen LogP contribution in [0.25, 0.3) is 11.3 Å². The van der Waals surface area contributed by atoms with Crippen LogP contribution in [0, 0.1) is 17.0 Å². The summed E-state index contributed by atoms with van der Waals surface area (Å²) in [6, 6.07) is 13.4. The summed E-state index contributed by atoms with van der Waals surface area (Å²) in [4.78, 5) is 22.8. The minimum absolute atomic E-state index is 0.00402. The normalized spacial score (nSPS) is 12.2. The van der Waals surface area contributed by atoms with Crippen molar-refractivity contribution in [1.82, 2.24) is 5.43 Å². The Labute approximate surface area is 176 Å². The van der Waals surface area contributed by atoms with E-state index in [1.54, 1.807) is 49.4 Å². The van der Waals surface area contributed by atoms with Crippen molar-refractivity contribution in [2.75, 3.05) is 18.7 Å². The second-order valence-corrected chi connectivity index (χ2v) is 6.69. The van der Waals surface area contributed by atoms with Gasteiger partial charge in [-0.05, 0) is 42.8 Å². The van der Waals surface area contributed by atoms with Crippen LogP contribution in [0.2, 0.25) is 0 Å². The number of rotatable bonds is 7. The number of carbonyl (C=O) groups is 1. The van der Waals surface area contributed by atoms with Gasteiger partial charge in [0.2, 0.25) is 6.79 Å². The van der Waals surface area contributed by atoms with E-state index in [1.165, 1.54) is 12.3 Å². The Hall–Kier alpha value is -4.34. The molecule has 10 nitrogen and oxygen atoms in total. The van der Waals surface area contributed by atoms with E-state index in [9.17, 15) is 14.9 Å². The number of hydrogen-bond acceptors (Lipinski definition) is 8. The minimum atomic E-state index is -0.452. The number of ether oxygens (including phenoxy) is 2. The van der Waals surface area contributed by atoms with Gasteiger partial charge < -0.3 is 19.2 Å². The van der Waals surface area contributed by atoms with Crippen molar-refractivity contribution in [1.29, 1.82) is 0 Å². The predicted octanol–water partition coefficient (Wildman–Crippen LogP) is 3.45. The van der Waals surface area contributed by atoms with Gasteiger partial charge in [-0.1, -0.05) is 6.07 Å². The minimum Gasteiger partial charge on any atom is -0.455 e. The molecule has 0 fully saturated rings. The third-order valence-electron chi connectivity index (χ3n) is 4.45. The summed E-state index contributed by atoms with van der Waals surface area (Å²) in [5.41, 5.74) is 4.20. The lowest BCUT2D eigenvalue weighted by atomic mass is 10.1. The lowest BCUT2D eigenvalue weighted by Gasteiger charge is -2.06. The molecule has 0 spiro atoms. The van der Waals surface area contributed by atoms with Gasteiger partial charge in [0.1, 0.15) is 11.5 Å². The van der Waals surface area contributed by atoms with Gasteiger partial charge in [-0.15, -0.1) is 0 Å². The number of aryl methyl sites for hydroxylation is 1. The summed E-state index contributed by atoms with van der Waals surface area (Å²) in [5, 5.41) is 18.1. The first-order chi connectivity index (χ1) is 15.0. The lowest BCUT2D eigenvalue weighted by Crippen LogP contribution is -2.25. The average Bonchev–Trinajstić information content (AvgIpc) is 3.41. The van der Waals surface area contributed by atoms with Crippen LogP contribution in [0.4, 0.5) is 11.4 Å². The second-order valence-electron chi connectivity index (χ2n) is 6.69. The van der Waals surface area contributed by atoms with E-state index in [-0.39, 0.29) is 24.9 Å². The first kappa shape index (κ1) is 20.0. The summed E-state index contributed by atoms with van der Waals surface area (Å²) < 4.78 is 16.1. The molecular weight excluding hydrogens is 404 g/mol. The highest BCUT2D eigenvalue weighted by Crippen LogP contribution is 2.34. The van der Waals surface area contributed by atoms with E-state index in [2.05, 4.69) is 15.8 Å². The van der Waals surface area contributed by atoms with E-state index in [0.29, 0.717) is 34.3 Å². The molecule has 2 N–H and O–H groups in total. The first-order valence-electron chi connectivity index (χ1n) is 9.30. The van der Waals surface area contributed by atoms with Crippen LogP contribution in [-0.2, 0) is 4.79 Å². The fraction of sp³-hybridized carbons (Fsp3) is 0.143. The number of nitrogens with zero attached hydrogens (tertiary/aromatic N) is 2. The molecule has 1 aliphatic heterocycles. The summed E-state index contributed by atoms with van der Waals surface area (Å²) in [5.74, 6) is 1.59. The van der Waals surface area contributed by atoms with Crippen LogP contribution in [0.3, 0.4) is 0 Å². The zero-order chi connectivity index (χ0) is 21.8. The maximum atomic E-state index is 12.0. The van der Waals surface area contributed by atoms with Crippen molar-refractivity contribution >= 4 is 23.5 Å². The number of hydrazone groups is 1. The number of furan rings is 1. The van der Waals surface area contributed by atoms with E-state index in [0.717, 1.165) is 5.56 Å². The number of anilines is 1. The Morgan fingerprint density at radius 1 is 1.16 bits per heavy atom. The molecule has 4 rings (SSSR count). The Morgan fingerprint density at radius 3 is 2.84 bits per heavy atom.